The van der Waals surface area contributed by atoms with Crippen molar-refractivity contribution in [1.82, 2.24) is 19.8 Å². The van der Waals surface area contributed by atoms with Crippen molar-refractivity contribution in [3.63, 3.8) is 0 Å². The van der Waals surface area contributed by atoms with Crippen LogP contribution in [0.3, 0.4) is 0 Å². The molecule has 0 aliphatic carbocycles. The zero-order chi connectivity index (χ0) is 21.0. The van der Waals surface area contributed by atoms with E-state index in [4.69, 9.17) is 5.73 Å². The van der Waals surface area contributed by atoms with Crippen molar-refractivity contribution >= 4 is 11.7 Å². The lowest BCUT2D eigenvalue weighted by molar-refractivity contribution is -0.130. The Labute approximate surface area is 174 Å². The lowest BCUT2D eigenvalue weighted by Crippen LogP contribution is -2.36. The van der Waals surface area contributed by atoms with Gasteiger partial charge in [-0.15, -0.1) is 0 Å². The van der Waals surface area contributed by atoms with Crippen LogP contribution in [-0.4, -0.2) is 51.9 Å². The van der Waals surface area contributed by atoms with E-state index in [0.717, 1.165) is 25.3 Å². The van der Waals surface area contributed by atoms with Crippen LogP contribution in [0.5, 0.6) is 0 Å². The summed E-state index contributed by atoms with van der Waals surface area (Å²) in [6.07, 6.45) is 3.21. The quantitative estimate of drug-likeness (QED) is 0.777. The zero-order valence-corrected chi connectivity index (χ0v) is 18.0. The van der Waals surface area contributed by atoms with Gasteiger partial charge in [-0.2, -0.15) is 0 Å². The zero-order valence-electron chi connectivity index (χ0n) is 18.0. The molecule has 0 saturated carbocycles. The molecule has 1 fully saturated rings. The lowest BCUT2D eigenvalue weighted by Gasteiger charge is -2.24. The average molecular weight is 396 g/mol. The number of carbonyl (C=O) groups is 1. The molecule has 0 radical (unpaired) electrons. The summed E-state index contributed by atoms with van der Waals surface area (Å²) in [5, 5.41) is 0. The number of nitrogens with two attached hydrogens (primary N) is 1. The summed E-state index contributed by atoms with van der Waals surface area (Å²) in [5.74, 6) is 2.19. The monoisotopic (exact) mass is 395 g/mol. The molecule has 1 aromatic heterocycles. The molecule has 2 N–H and O–H groups in total. The Bertz CT molecular complexity index is 820. The van der Waals surface area contributed by atoms with Gasteiger partial charge in [0.05, 0.1) is 6.54 Å². The number of carbonyl (C=O) groups excluding carboxylic acids is 1. The highest BCUT2D eigenvalue weighted by Crippen LogP contribution is 2.24. The summed E-state index contributed by atoms with van der Waals surface area (Å²) in [6.45, 7) is 8.74. The molecular weight excluding hydrogens is 362 g/mol. The molecule has 1 amide bonds. The van der Waals surface area contributed by atoms with Crippen LogP contribution in [0.4, 0.5) is 5.82 Å². The molecule has 1 saturated heterocycles. The molecule has 29 heavy (non-hydrogen) atoms. The predicted molar refractivity (Wildman–Crippen MR) is 116 cm³/mol. The third-order valence-corrected chi connectivity index (χ3v) is 5.91. The van der Waals surface area contributed by atoms with Crippen molar-refractivity contribution < 1.29 is 4.79 Å². The van der Waals surface area contributed by atoms with Gasteiger partial charge in [-0.05, 0) is 42.5 Å². The van der Waals surface area contributed by atoms with E-state index < -0.39 is 0 Å². The third kappa shape index (κ3) is 5.54. The number of nitrogens with zero attached hydrogens (tertiary/aromatic N) is 4. The Morgan fingerprint density at radius 1 is 1.21 bits per heavy atom. The fourth-order valence-electron chi connectivity index (χ4n) is 3.89. The second kappa shape index (κ2) is 9.35. The standard InChI is InChI=1S/C23H33N5O/c1-16(2)18-5-7-19(8-6-18)17(3)13-23(29)28-12-10-20(14-28)27(4)15-22-25-11-9-21(24)26-22/h5-9,11,16-17,20H,10,12-15H2,1-4H3,(H2,24,25,26)/t17-,20-/m1/s1. The highest BCUT2D eigenvalue weighted by atomic mass is 16.2. The highest BCUT2D eigenvalue weighted by Gasteiger charge is 2.29. The van der Waals surface area contributed by atoms with Gasteiger partial charge < -0.3 is 10.6 Å². The van der Waals surface area contributed by atoms with E-state index >= 15 is 0 Å². The Morgan fingerprint density at radius 3 is 2.55 bits per heavy atom. The third-order valence-electron chi connectivity index (χ3n) is 5.91. The highest BCUT2D eigenvalue weighted by molar-refractivity contribution is 5.77. The molecular formula is C23H33N5O. The van der Waals surface area contributed by atoms with Crippen molar-refractivity contribution in [3.8, 4) is 0 Å². The summed E-state index contributed by atoms with van der Waals surface area (Å²) in [6, 6.07) is 10.7. The van der Waals surface area contributed by atoms with Gasteiger partial charge in [0, 0.05) is 31.7 Å². The summed E-state index contributed by atoms with van der Waals surface area (Å²) >= 11 is 0. The van der Waals surface area contributed by atoms with Crippen LogP contribution in [0.2, 0.25) is 0 Å². The van der Waals surface area contributed by atoms with Gasteiger partial charge in [0.15, 0.2) is 0 Å². The number of rotatable bonds is 7. The maximum atomic E-state index is 12.8. The van der Waals surface area contributed by atoms with Gasteiger partial charge in [0.1, 0.15) is 11.6 Å². The van der Waals surface area contributed by atoms with Crippen LogP contribution in [-0.2, 0) is 11.3 Å². The second-order valence-electron chi connectivity index (χ2n) is 8.52. The van der Waals surface area contributed by atoms with Crippen molar-refractivity contribution in [2.75, 3.05) is 25.9 Å². The molecule has 1 aliphatic rings. The van der Waals surface area contributed by atoms with Crippen molar-refractivity contribution in [1.29, 1.82) is 0 Å². The molecule has 2 atom stereocenters. The van der Waals surface area contributed by atoms with Gasteiger partial charge in [0.2, 0.25) is 5.91 Å². The Hall–Kier alpha value is -2.47. The van der Waals surface area contributed by atoms with E-state index in [1.54, 1.807) is 12.3 Å². The van der Waals surface area contributed by atoms with Gasteiger partial charge in [-0.3, -0.25) is 9.69 Å². The van der Waals surface area contributed by atoms with E-state index in [0.29, 0.717) is 30.7 Å². The SMILES string of the molecule is CC(C)c1ccc([C@H](C)CC(=O)N2CC[C@@H](N(C)Cc3nccc(N)n3)C2)cc1. The number of amides is 1. The van der Waals surface area contributed by atoms with Crippen LogP contribution in [0.25, 0.3) is 0 Å². The number of likely N-dealkylation sites (tertiary alicyclic amines) is 1. The number of nitrogen functional groups attached to an aromatic ring is 1. The Kier molecular flexibility index (Phi) is 6.85. The summed E-state index contributed by atoms with van der Waals surface area (Å²) in [4.78, 5) is 25.6. The van der Waals surface area contributed by atoms with Crippen LogP contribution in [0.15, 0.2) is 36.5 Å². The molecule has 6 nitrogen and oxygen atoms in total. The molecule has 0 unspecified atom stereocenters. The minimum atomic E-state index is 0.223. The van der Waals surface area contributed by atoms with Gasteiger partial charge in [0.25, 0.3) is 0 Å². The van der Waals surface area contributed by atoms with Crippen molar-refractivity contribution in [2.24, 2.45) is 0 Å². The maximum Gasteiger partial charge on any atom is 0.223 e. The largest absolute Gasteiger partial charge is 0.384 e. The Morgan fingerprint density at radius 2 is 1.90 bits per heavy atom. The normalized spacial score (nSPS) is 17.9. The number of hydrogen-bond acceptors (Lipinski definition) is 5. The summed E-state index contributed by atoms with van der Waals surface area (Å²) < 4.78 is 0. The number of hydrogen-bond donors (Lipinski definition) is 1. The molecule has 2 heterocycles. The number of aromatic nitrogens is 2. The van der Waals surface area contributed by atoms with Gasteiger partial charge in [-0.25, -0.2) is 9.97 Å². The van der Waals surface area contributed by atoms with E-state index in [9.17, 15) is 4.79 Å². The molecule has 2 aromatic rings. The first kappa shape index (κ1) is 21.2. The predicted octanol–water partition coefficient (Wildman–Crippen LogP) is 3.41. The summed E-state index contributed by atoms with van der Waals surface area (Å²) in [7, 11) is 2.06. The molecule has 1 aliphatic heterocycles. The first-order valence-corrected chi connectivity index (χ1v) is 10.5. The molecule has 3 rings (SSSR count). The molecule has 6 heteroatoms. The minimum absolute atomic E-state index is 0.223. The minimum Gasteiger partial charge on any atom is -0.384 e. The maximum absolute atomic E-state index is 12.8. The van der Waals surface area contributed by atoms with Crippen LogP contribution in [0, 0.1) is 0 Å². The van der Waals surface area contributed by atoms with Crippen LogP contribution in [0.1, 0.15) is 62.4 Å². The number of benzene rings is 1. The van der Waals surface area contributed by atoms with E-state index in [1.165, 1.54) is 11.1 Å². The van der Waals surface area contributed by atoms with Gasteiger partial charge in [-0.1, -0.05) is 45.0 Å². The Balaban J connectivity index is 1.51. The van der Waals surface area contributed by atoms with Gasteiger partial charge >= 0.3 is 0 Å². The molecule has 0 bridgehead atoms. The lowest BCUT2D eigenvalue weighted by atomic mass is 9.94. The second-order valence-corrected chi connectivity index (χ2v) is 8.52. The van der Waals surface area contributed by atoms with E-state index in [1.807, 2.05) is 4.90 Å². The van der Waals surface area contributed by atoms with E-state index in [-0.39, 0.29) is 11.8 Å². The van der Waals surface area contributed by atoms with Crippen LogP contribution < -0.4 is 5.73 Å². The molecule has 0 spiro atoms. The van der Waals surface area contributed by atoms with Crippen molar-refractivity contribution in [2.45, 2.75) is 58.0 Å². The van der Waals surface area contributed by atoms with E-state index in [2.05, 4.69) is 67.0 Å². The molecule has 1 aromatic carbocycles. The average Bonchev–Trinajstić information content (AvgIpc) is 3.18. The first-order chi connectivity index (χ1) is 13.8. The first-order valence-electron chi connectivity index (χ1n) is 10.5. The fourth-order valence-corrected chi connectivity index (χ4v) is 3.89. The van der Waals surface area contributed by atoms with Crippen LogP contribution >= 0.6 is 0 Å². The van der Waals surface area contributed by atoms with Crippen molar-refractivity contribution in [3.05, 3.63) is 53.5 Å². The number of likely N-dealkylation sites (N-methyl/N-ethyl adjacent to an activating group) is 1. The molecule has 156 valence electrons. The topological polar surface area (TPSA) is 75.4 Å². The smallest absolute Gasteiger partial charge is 0.223 e. The fraction of sp³-hybridized carbons (Fsp3) is 0.522. The summed E-state index contributed by atoms with van der Waals surface area (Å²) in [5.41, 5.74) is 8.31. The number of anilines is 1.